The summed E-state index contributed by atoms with van der Waals surface area (Å²) in [4.78, 5) is 10.6. The van der Waals surface area contributed by atoms with Crippen molar-refractivity contribution in [3.63, 3.8) is 0 Å². The van der Waals surface area contributed by atoms with E-state index in [1.54, 1.807) is 0 Å². The van der Waals surface area contributed by atoms with E-state index in [4.69, 9.17) is 0 Å². The van der Waals surface area contributed by atoms with Gasteiger partial charge in [-0.15, -0.1) is 0 Å². The summed E-state index contributed by atoms with van der Waals surface area (Å²) in [6, 6.07) is 0. The molecule has 0 amide bonds. The van der Waals surface area contributed by atoms with Gasteiger partial charge in [-0.25, -0.2) is 0 Å². The zero-order valence-electron chi connectivity index (χ0n) is 9.52. The van der Waals surface area contributed by atoms with Crippen LogP contribution >= 0.6 is 0 Å². The molecular weight excluding hydrogens is 178 g/mol. The Balaban J connectivity index is 2.66. The molecule has 0 saturated carbocycles. The summed E-state index contributed by atoms with van der Waals surface area (Å²) < 4.78 is 0. The second kappa shape index (κ2) is 3.54. The predicted molar refractivity (Wildman–Crippen MR) is 53.6 cm³/mol. The molecule has 1 saturated heterocycles. The molecular formula is C11H20NO2-. The first-order valence-electron chi connectivity index (χ1n) is 5.19. The quantitative estimate of drug-likeness (QED) is 0.710. The molecule has 14 heavy (non-hydrogen) atoms. The third-order valence-corrected chi connectivity index (χ3v) is 2.73. The highest BCUT2D eigenvalue weighted by Crippen LogP contribution is 2.34. The lowest BCUT2D eigenvalue weighted by Crippen LogP contribution is -2.58. The van der Waals surface area contributed by atoms with Crippen molar-refractivity contribution in [1.29, 1.82) is 0 Å². The molecule has 1 aliphatic rings. The number of nitrogens with one attached hydrogen (secondary N) is 1. The number of hydrogen-bond acceptors (Lipinski definition) is 3. The van der Waals surface area contributed by atoms with E-state index in [-0.39, 0.29) is 23.4 Å². The Kier molecular flexibility index (Phi) is 2.91. The van der Waals surface area contributed by atoms with Crippen molar-refractivity contribution in [2.45, 2.75) is 58.0 Å². The zero-order chi connectivity index (χ0) is 11.0. The zero-order valence-corrected chi connectivity index (χ0v) is 9.52. The van der Waals surface area contributed by atoms with E-state index < -0.39 is 5.97 Å². The van der Waals surface area contributed by atoms with Crippen LogP contribution in [0.4, 0.5) is 0 Å². The average Bonchev–Trinajstić information content (AvgIpc) is 1.74. The molecule has 0 aliphatic carbocycles. The maximum absolute atomic E-state index is 10.6. The molecule has 1 heterocycles. The Bertz CT molecular complexity index is 217. The fourth-order valence-electron chi connectivity index (χ4n) is 2.91. The Hall–Kier alpha value is -0.570. The van der Waals surface area contributed by atoms with Gasteiger partial charge in [0.1, 0.15) is 0 Å². The third kappa shape index (κ3) is 3.29. The van der Waals surface area contributed by atoms with E-state index in [0.29, 0.717) is 0 Å². The van der Waals surface area contributed by atoms with Crippen LogP contribution in [0.3, 0.4) is 0 Å². The molecule has 0 spiro atoms. The van der Waals surface area contributed by atoms with Crippen LogP contribution < -0.4 is 10.4 Å². The van der Waals surface area contributed by atoms with E-state index in [1.165, 1.54) is 0 Å². The standard InChI is InChI=1S/C11H21NO2/c1-10(2)6-8(5-9(13)14)7-11(3,4)12-10/h8,12H,5-7H2,1-4H3,(H,13,14)/p-1. The number of piperidine rings is 1. The molecule has 82 valence electrons. The van der Waals surface area contributed by atoms with Gasteiger partial charge in [-0.05, 0) is 52.9 Å². The monoisotopic (exact) mass is 198 g/mol. The minimum Gasteiger partial charge on any atom is -0.550 e. The van der Waals surface area contributed by atoms with Gasteiger partial charge in [-0.2, -0.15) is 0 Å². The Morgan fingerprint density at radius 3 is 2.07 bits per heavy atom. The van der Waals surface area contributed by atoms with Crippen molar-refractivity contribution in [3.8, 4) is 0 Å². The van der Waals surface area contributed by atoms with E-state index in [2.05, 4.69) is 33.0 Å². The molecule has 3 heteroatoms. The first-order valence-corrected chi connectivity index (χ1v) is 5.19. The largest absolute Gasteiger partial charge is 0.550 e. The average molecular weight is 198 g/mol. The summed E-state index contributed by atoms with van der Waals surface area (Å²) >= 11 is 0. The first kappa shape index (κ1) is 11.5. The topological polar surface area (TPSA) is 52.2 Å². The highest BCUT2D eigenvalue weighted by molar-refractivity contribution is 5.64. The van der Waals surface area contributed by atoms with E-state index in [1.807, 2.05) is 0 Å². The van der Waals surface area contributed by atoms with Gasteiger partial charge in [0.2, 0.25) is 0 Å². The first-order chi connectivity index (χ1) is 6.20. The van der Waals surface area contributed by atoms with Crippen LogP contribution in [0, 0.1) is 5.92 Å². The number of carbonyl (C=O) groups is 1. The van der Waals surface area contributed by atoms with Crippen LogP contribution in [0.15, 0.2) is 0 Å². The number of carboxylic acids is 1. The van der Waals surface area contributed by atoms with Crippen LogP contribution in [0.25, 0.3) is 0 Å². The molecule has 0 aromatic rings. The highest BCUT2D eigenvalue weighted by Gasteiger charge is 2.37. The second-order valence-electron chi connectivity index (χ2n) is 5.74. The lowest BCUT2D eigenvalue weighted by atomic mass is 9.75. The molecule has 1 N–H and O–H groups in total. The summed E-state index contributed by atoms with van der Waals surface area (Å²) in [6.45, 7) is 8.48. The fourth-order valence-corrected chi connectivity index (χ4v) is 2.91. The number of carboxylic acid groups (broad SMARTS) is 1. The lowest BCUT2D eigenvalue weighted by molar-refractivity contribution is -0.307. The van der Waals surface area contributed by atoms with Crippen LogP contribution in [-0.4, -0.2) is 17.0 Å². The number of hydrogen-bond donors (Lipinski definition) is 1. The smallest absolute Gasteiger partial charge is 0.0417 e. The Morgan fingerprint density at radius 1 is 1.29 bits per heavy atom. The second-order valence-corrected chi connectivity index (χ2v) is 5.74. The molecule has 0 aromatic carbocycles. The minimum absolute atomic E-state index is 0.0296. The SMILES string of the molecule is CC1(C)CC(CC(=O)[O-])CC(C)(C)N1. The highest BCUT2D eigenvalue weighted by atomic mass is 16.4. The molecule has 1 rings (SSSR count). The summed E-state index contributed by atoms with van der Waals surface area (Å²) in [5, 5.41) is 14.1. The van der Waals surface area contributed by atoms with Crippen LogP contribution in [0.1, 0.15) is 47.0 Å². The van der Waals surface area contributed by atoms with Crippen molar-refractivity contribution in [3.05, 3.63) is 0 Å². The molecule has 0 aromatic heterocycles. The molecule has 0 atom stereocenters. The van der Waals surface area contributed by atoms with E-state index in [0.717, 1.165) is 12.8 Å². The van der Waals surface area contributed by atoms with Crippen LogP contribution in [0.2, 0.25) is 0 Å². The number of rotatable bonds is 2. The molecule has 3 nitrogen and oxygen atoms in total. The maximum Gasteiger partial charge on any atom is 0.0417 e. The molecule has 0 bridgehead atoms. The molecule has 1 fully saturated rings. The van der Waals surface area contributed by atoms with Gasteiger partial charge in [0, 0.05) is 17.0 Å². The molecule has 0 unspecified atom stereocenters. The van der Waals surface area contributed by atoms with Gasteiger partial charge in [0.25, 0.3) is 0 Å². The van der Waals surface area contributed by atoms with E-state index >= 15 is 0 Å². The van der Waals surface area contributed by atoms with Crippen LogP contribution in [-0.2, 0) is 4.79 Å². The van der Waals surface area contributed by atoms with Gasteiger partial charge in [-0.1, -0.05) is 0 Å². The fraction of sp³-hybridized carbons (Fsp3) is 0.909. The van der Waals surface area contributed by atoms with Gasteiger partial charge >= 0.3 is 0 Å². The normalized spacial score (nSPS) is 26.0. The van der Waals surface area contributed by atoms with Crippen molar-refractivity contribution in [2.75, 3.05) is 0 Å². The summed E-state index contributed by atoms with van der Waals surface area (Å²) in [6.07, 6.45) is 2.00. The van der Waals surface area contributed by atoms with Gasteiger partial charge in [0.15, 0.2) is 0 Å². The van der Waals surface area contributed by atoms with Crippen molar-refractivity contribution in [1.82, 2.24) is 5.32 Å². The lowest BCUT2D eigenvalue weighted by Gasteiger charge is -2.46. The summed E-state index contributed by atoms with van der Waals surface area (Å²) in [5.41, 5.74) is 0.0593. The molecule has 1 aliphatic heterocycles. The minimum atomic E-state index is -0.927. The van der Waals surface area contributed by atoms with Gasteiger partial charge in [0.05, 0.1) is 0 Å². The number of aliphatic carboxylic acids is 1. The Morgan fingerprint density at radius 2 is 1.71 bits per heavy atom. The number of carbonyl (C=O) groups excluding carboxylic acids is 1. The van der Waals surface area contributed by atoms with Gasteiger partial charge in [-0.3, -0.25) is 0 Å². The van der Waals surface area contributed by atoms with Crippen molar-refractivity contribution < 1.29 is 9.90 Å². The summed E-state index contributed by atoms with van der Waals surface area (Å²) in [7, 11) is 0. The van der Waals surface area contributed by atoms with E-state index in [9.17, 15) is 9.90 Å². The van der Waals surface area contributed by atoms with Crippen molar-refractivity contribution in [2.24, 2.45) is 5.92 Å². The van der Waals surface area contributed by atoms with Crippen LogP contribution in [0.5, 0.6) is 0 Å². The predicted octanol–water partition coefficient (Wildman–Crippen LogP) is 0.683. The Labute approximate surface area is 85.9 Å². The third-order valence-electron chi connectivity index (χ3n) is 2.73. The van der Waals surface area contributed by atoms with Gasteiger partial charge < -0.3 is 15.2 Å². The maximum atomic E-state index is 10.6. The van der Waals surface area contributed by atoms with Crippen molar-refractivity contribution >= 4 is 5.97 Å². The molecule has 0 radical (unpaired) electrons. The summed E-state index contributed by atoms with van der Waals surface area (Å²) in [5.74, 6) is -0.685.